The standard InChI is InChI=1S/C22H18N2O2/c25-22-19-14-8-7-13-18(19)21(26-22)15-20(16-9-3-1-4-10-16)24-23-17-11-5-2-6-12-17/h1-14,21,23H,15H2/b24-20+/t21-/m0/s1. The Morgan fingerprint density at radius 3 is 2.31 bits per heavy atom. The third-order valence-electron chi connectivity index (χ3n) is 4.36. The van der Waals surface area contributed by atoms with Crippen molar-refractivity contribution < 1.29 is 9.53 Å². The largest absolute Gasteiger partial charge is 0.453 e. The van der Waals surface area contributed by atoms with Gasteiger partial charge in [-0.2, -0.15) is 5.10 Å². The van der Waals surface area contributed by atoms with Gasteiger partial charge in [-0.05, 0) is 23.8 Å². The predicted octanol–water partition coefficient (Wildman–Crippen LogP) is 4.80. The number of cyclic esters (lactones) is 1. The van der Waals surface area contributed by atoms with Crippen LogP contribution in [-0.2, 0) is 4.74 Å². The number of hydrogen-bond acceptors (Lipinski definition) is 4. The molecule has 0 saturated carbocycles. The van der Waals surface area contributed by atoms with E-state index in [2.05, 4.69) is 10.5 Å². The average Bonchev–Trinajstić information content (AvgIpc) is 3.02. The molecule has 0 bridgehead atoms. The maximum absolute atomic E-state index is 12.1. The first-order valence-corrected chi connectivity index (χ1v) is 8.54. The summed E-state index contributed by atoms with van der Waals surface area (Å²) in [6, 6.07) is 27.2. The van der Waals surface area contributed by atoms with E-state index in [1.54, 1.807) is 6.07 Å². The van der Waals surface area contributed by atoms with E-state index in [1.165, 1.54) is 0 Å². The molecule has 4 rings (SSSR count). The number of carbonyl (C=O) groups is 1. The molecule has 1 heterocycles. The summed E-state index contributed by atoms with van der Waals surface area (Å²) in [5, 5.41) is 4.60. The quantitative estimate of drug-likeness (QED) is 0.411. The van der Waals surface area contributed by atoms with Crippen LogP contribution in [0.15, 0.2) is 90.0 Å². The zero-order chi connectivity index (χ0) is 17.8. The Balaban J connectivity index is 1.63. The number of benzene rings is 3. The van der Waals surface area contributed by atoms with E-state index in [0.29, 0.717) is 12.0 Å². The van der Waals surface area contributed by atoms with Crippen molar-refractivity contribution in [3.63, 3.8) is 0 Å². The van der Waals surface area contributed by atoms with Crippen molar-refractivity contribution in [3.8, 4) is 0 Å². The van der Waals surface area contributed by atoms with Crippen molar-refractivity contribution in [3.05, 3.63) is 102 Å². The summed E-state index contributed by atoms with van der Waals surface area (Å²) in [5.74, 6) is -0.269. The molecule has 128 valence electrons. The van der Waals surface area contributed by atoms with Crippen LogP contribution in [0.25, 0.3) is 0 Å². The first-order chi connectivity index (χ1) is 12.8. The van der Waals surface area contributed by atoms with Gasteiger partial charge in [0.25, 0.3) is 0 Å². The molecule has 1 aliphatic heterocycles. The summed E-state index contributed by atoms with van der Waals surface area (Å²) in [6.07, 6.45) is 0.183. The molecule has 26 heavy (non-hydrogen) atoms. The van der Waals surface area contributed by atoms with Crippen molar-refractivity contribution in [1.82, 2.24) is 0 Å². The summed E-state index contributed by atoms with van der Waals surface area (Å²) in [6.45, 7) is 0. The van der Waals surface area contributed by atoms with E-state index in [-0.39, 0.29) is 12.1 Å². The third-order valence-corrected chi connectivity index (χ3v) is 4.36. The van der Waals surface area contributed by atoms with Gasteiger partial charge in [-0.15, -0.1) is 0 Å². The van der Waals surface area contributed by atoms with Gasteiger partial charge in [-0.1, -0.05) is 66.7 Å². The highest BCUT2D eigenvalue weighted by Crippen LogP contribution is 2.33. The number of esters is 1. The van der Waals surface area contributed by atoms with E-state index in [1.807, 2.05) is 78.9 Å². The molecule has 1 atom stereocenters. The van der Waals surface area contributed by atoms with Crippen LogP contribution in [-0.4, -0.2) is 11.7 Å². The SMILES string of the molecule is O=C1O[C@@H](C/C(=N\Nc2ccccc2)c2ccccc2)c2ccccc21. The van der Waals surface area contributed by atoms with Gasteiger partial charge in [0.05, 0.1) is 17.0 Å². The van der Waals surface area contributed by atoms with Gasteiger partial charge >= 0.3 is 5.97 Å². The maximum atomic E-state index is 12.1. The topological polar surface area (TPSA) is 50.7 Å². The lowest BCUT2D eigenvalue weighted by Crippen LogP contribution is -2.11. The minimum Gasteiger partial charge on any atom is -0.453 e. The molecule has 0 radical (unpaired) electrons. The van der Waals surface area contributed by atoms with Gasteiger partial charge in [-0.3, -0.25) is 5.43 Å². The fraction of sp³-hybridized carbons (Fsp3) is 0.0909. The normalized spacial score (nSPS) is 16.1. The molecule has 0 aliphatic carbocycles. The van der Waals surface area contributed by atoms with Crippen LogP contribution in [0.4, 0.5) is 5.69 Å². The molecule has 0 unspecified atom stereocenters. The van der Waals surface area contributed by atoms with Crippen LogP contribution in [0.5, 0.6) is 0 Å². The first kappa shape index (κ1) is 16.1. The summed E-state index contributed by atoms with van der Waals surface area (Å²) >= 11 is 0. The fourth-order valence-corrected chi connectivity index (χ4v) is 3.05. The number of para-hydroxylation sites is 1. The van der Waals surface area contributed by atoms with Crippen LogP contribution >= 0.6 is 0 Å². The smallest absolute Gasteiger partial charge is 0.339 e. The molecule has 0 fully saturated rings. The fourth-order valence-electron chi connectivity index (χ4n) is 3.05. The zero-order valence-electron chi connectivity index (χ0n) is 14.1. The van der Waals surface area contributed by atoms with Crippen LogP contribution in [0, 0.1) is 0 Å². The summed E-state index contributed by atoms with van der Waals surface area (Å²) in [5.41, 5.74) is 7.40. The molecule has 0 amide bonds. The molecule has 0 aromatic heterocycles. The molecule has 4 nitrogen and oxygen atoms in total. The average molecular weight is 342 g/mol. The van der Waals surface area contributed by atoms with Crippen molar-refractivity contribution in [1.29, 1.82) is 0 Å². The minimum absolute atomic E-state index is 0.269. The Bertz CT molecular complexity index is 937. The number of fused-ring (bicyclic) bond motifs is 1. The second-order valence-electron chi connectivity index (χ2n) is 6.09. The number of anilines is 1. The molecule has 4 heteroatoms. The van der Waals surface area contributed by atoms with Crippen LogP contribution in [0.1, 0.15) is 34.0 Å². The molecule has 0 saturated heterocycles. The summed E-state index contributed by atoms with van der Waals surface area (Å²) in [7, 11) is 0. The first-order valence-electron chi connectivity index (χ1n) is 8.54. The maximum Gasteiger partial charge on any atom is 0.339 e. The Hall–Kier alpha value is -3.40. The molecule has 0 spiro atoms. The second-order valence-corrected chi connectivity index (χ2v) is 6.09. The van der Waals surface area contributed by atoms with Crippen LogP contribution in [0.2, 0.25) is 0 Å². The molecule has 1 aliphatic rings. The number of ether oxygens (including phenoxy) is 1. The lowest BCUT2D eigenvalue weighted by Gasteiger charge is -2.14. The Labute approximate surface area is 152 Å². The molecule has 1 N–H and O–H groups in total. The number of carbonyl (C=O) groups excluding carboxylic acids is 1. The van der Waals surface area contributed by atoms with Gasteiger partial charge in [-0.25, -0.2) is 4.79 Å². The van der Waals surface area contributed by atoms with E-state index in [9.17, 15) is 4.79 Å². The van der Waals surface area contributed by atoms with Crippen LogP contribution in [0.3, 0.4) is 0 Å². The van der Waals surface area contributed by atoms with Crippen molar-refractivity contribution >= 4 is 17.4 Å². The highest BCUT2D eigenvalue weighted by atomic mass is 16.5. The third kappa shape index (κ3) is 3.35. The minimum atomic E-state index is -0.324. The number of rotatable bonds is 5. The Morgan fingerprint density at radius 2 is 1.54 bits per heavy atom. The summed E-state index contributed by atoms with van der Waals surface area (Å²) in [4.78, 5) is 12.1. The number of nitrogens with one attached hydrogen (secondary N) is 1. The van der Waals surface area contributed by atoms with E-state index < -0.39 is 0 Å². The van der Waals surface area contributed by atoms with Gasteiger partial charge in [0.2, 0.25) is 0 Å². The van der Waals surface area contributed by atoms with Gasteiger partial charge in [0.1, 0.15) is 6.10 Å². The Morgan fingerprint density at radius 1 is 0.885 bits per heavy atom. The highest BCUT2D eigenvalue weighted by Gasteiger charge is 2.31. The lowest BCUT2D eigenvalue weighted by atomic mass is 9.98. The van der Waals surface area contributed by atoms with Gasteiger partial charge < -0.3 is 4.74 Å². The van der Waals surface area contributed by atoms with E-state index in [0.717, 1.165) is 22.5 Å². The monoisotopic (exact) mass is 342 g/mol. The number of hydrogen-bond donors (Lipinski definition) is 1. The van der Waals surface area contributed by atoms with Gasteiger partial charge in [0, 0.05) is 12.0 Å². The molecule has 3 aromatic rings. The summed E-state index contributed by atoms with van der Waals surface area (Å²) < 4.78 is 5.59. The molecule has 3 aromatic carbocycles. The second kappa shape index (κ2) is 7.23. The van der Waals surface area contributed by atoms with E-state index in [4.69, 9.17) is 4.74 Å². The van der Waals surface area contributed by atoms with Crippen molar-refractivity contribution in [2.45, 2.75) is 12.5 Å². The van der Waals surface area contributed by atoms with E-state index >= 15 is 0 Å². The van der Waals surface area contributed by atoms with Crippen molar-refractivity contribution in [2.75, 3.05) is 5.43 Å². The number of nitrogens with zero attached hydrogens (tertiary/aromatic N) is 1. The zero-order valence-corrected chi connectivity index (χ0v) is 14.1. The molecular formula is C22H18N2O2. The highest BCUT2D eigenvalue weighted by molar-refractivity contribution is 6.02. The predicted molar refractivity (Wildman–Crippen MR) is 102 cm³/mol. The van der Waals surface area contributed by atoms with Crippen molar-refractivity contribution in [2.24, 2.45) is 5.10 Å². The van der Waals surface area contributed by atoms with Crippen LogP contribution < -0.4 is 5.43 Å². The Kier molecular flexibility index (Phi) is 4.48. The lowest BCUT2D eigenvalue weighted by molar-refractivity contribution is 0.0400. The number of hydrazone groups is 1. The molecular weight excluding hydrogens is 324 g/mol. The van der Waals surface area contributed by atoms with Gasteiger partial charge in [0.15, 0.2) is 0 Å².